The molecule has 170 valence electrons. The molecule has 0 spiro atoms. The molecule has 3 aromatic carbocycles. The topological polar surface area (TPSA) is 108 Å². The first-order valence-electron chi connectivity index (χ1n) is 10.6. The standard InChI is InChI=1S/C26H26N2O5/c1-18(27)25(30)33-23-15-9-8-14-21(23)24(29)22(16-19-10-4-2-5-11-19)28-26(31)32-17-20-12-6-3-7-13-20/h2-15,18,22H,16-17,27H2,1H3,(H,28,31)/t18-,22-/m0/s1. The highest BCUT2D eigenvalue weighted by molar-refractivity contribution is 6.04. The van der Waals surface area contributed by atoms with Gasteiger partial charge < -0.3 is 20.5 Å². The predicted octanol–water partition coefficient (Wildman–Crippen LogP) is 3.66. The second-order valence-electron chi connectivity index (χ2n) is 7.52. The van der Waals surface area contributed by atoms with E-state index >= 15 is 0 Å². The maximum Gasteiger partial charge on any atom is 0.408 e. The number of Topliss-reactive ketones (excluding diaryl/α,β-unsaturated/α-hetero) is 1. The predicted molar refractivity (Wildman–Crippen MR) is 124 cm³/mol. The Morgan fingerprint density at radius 1 is 0.848 bits per heavy atom. The number of ether oxygens (including phenoxy) is 2. The zero-order valence-electron chi connectivity index (χ0n) is 18.3. The number of carbonyl (C=O) groups excluding carboxylic acids is 3. The molecule has 0 aromatic heterocycles. The van der Waals surface area contributed by atoms with Crippen LogP contribution in [0.3, 0.4) is 0 Å². The van der Waals surface area contributed by atoms with Gasteiger partial charge in [-0.15, -0.1) is 0 Å². The Hall–Kier alpha value is -3.97. The van der Waals surface area contributed by atoms with Crippen molar-refractivity contribution in [3.05, 3.63) is 102 Å². The first-order chi connectivity index (χ1) is 15.9. The normalized spacial score (nSPS) is 12.3. The van der Waals surface area contributed by atoms with Crippen LogP contribution >= 0.6 is 0 Å². The molecule has 0 bridgehead atoms. The monoisotopic (exact) mass is 446 g/mol. The van der Waals surface area contributed by atoms with Crippen molar-refractivity contribution in [2.24, 2.45) is 5.73 Å². The summed E-state index contributed by atoms with van der Waals surface area (Å²) in [5.41, 5.74) is 7.43. The lowest BCUT2D eigenvalue weighted by molar-refractivity contribution is -0.135. The second-order valence-corrected chi connectivity index (χ2v) is 7.52. The summed E-state index contributed by atoms with van der Waals surface area (Å²) in [4.78, 5) is 38.0. The Balaban J connectivity index is 1.79. The molecule has 1 amide bonds. The summed E-state index contributed by atoms with van der Waals surface area (Å²) >= 11 is 0. The number of hydrogen-bond acceptors (Lipinski definition) is 6. The van der Waals surface area contributed by atoms with Crippen molar-refractivity contribution in [1.82, 2.24) is 5.32 Å². The van der Waals surface area contributed by atoms with Crippen molar-refractivity contribution in [3.63, 3.8) is 0 Å². The van der Waals surface area contributed by atoms with Crippen LogP contribution in [0.1, 0.15) is 28.4 Å². The maximum atomic E-state index is 13.4. The maximum absolute atomic E-state index is 13.4. The van der Waals surface area contributed by atoms with Crippen LogP contribution in [0.5, 0.6) is 5.75 Å². The largest absolute Gasteiger partial charge is 0.445 e. The molecule has 0 heterocycles. The Morgan fingerprint density at radius 3 is 2.06 bits per heavy atom. The summed E-state index contributed by atoms with van der Waals surface area (Å²) in [5, 5.41) is 2.66. The lowest BCUT2D eigenvalue weighted by Gasteiger charge is -2.19. The number of alkyl carbamates (subject to hydrolysis) is 1. The third-order valence-corrected chi connectivity index (χ3v) is 4.84. The van der Waals surface area contributed by atoms with E-state index in [2.05, 4.69) is 5.32 Å². The molecule has 7 nitrogen and oxygen atoms in total. The van der Waals surface area contributed by atoms with Crippen molar-refractivity contribution in [2.45, 2.75) is 32.0 Å². The first-order valence-corrected chi connectivity index (χ1v) is 10.6. The van der Waals surface area contributed by atoms with E-state index < -0.39 is 29.9 Å². The quantitative estimate of drug-likeness (QED) is 0.295. The van der Waals surface area contributed by atoms with E-state index in [1.54, 1.807) is 18.2 Å². The highest BCUT2D eigenvalue weighted by atomic mass is 16.5. The number of hydrogen-bond donors (Lipinski definition) is 2. The third kappa shape index (κ3) is 7.02. The van der Waals surface area contributed by atoms with Gasteiger partial charge in [0.25, 0.3) is 0 Å². The number of nitrogens with one attached hydrogen (secondary N) is 1. The highest BCUT2D eigenvalue weighted by Gasteiger charge is 2.27. The number of amides is 1. The minimum Gasteiger partial charge on any atom is -0.445 e. The molecule has 33 heavy (non-hydrogen) atoms. The van der Waals surface area contributed by atoms with Crippen LogP contribution in [-0.4, -0.2) is 29.9 Å². The molecule has 0 unspecified atom stereocenters. The zero-order valence-corrected chi connectivity index (χ0v) is 18.3. The van der Waals surface area contributed by atoms with Crippen LogP contribution in [0.4, 0.5) is 4.79 Å². The molecule has 0 saturated carbocycles. The fourth-order valence-electron chi connectivity index (χ4n) is 3.11. The summed E-state index contributed by atoms with van der Waals surface area (Å²) in [6, 6.07) is 23.1. The van der Waals surface area contributed by atoms with Gasteiger partial charge in [-0.1, -0.05) is 72.8 Å². The molecule has 3 rings (SSSR count). The minimum absolute atomic E-state index is 0.0709. The molecule has 3 aromatic rings. The van der Waals surface area contributed by atoms with E-state index in [0.29, 0.717) is 0 Å². The van der Waals surface area contributed by atoms with Gasteiger partial charge in [0, 0.05) is 6.42 Å². The van der Waals surface area contributed by atoms with Crippen molar-refractivity contribution in [3.8, 4) is 5.75 Å². The van der Waals surface area contributed by atoms with Crippen molar-refractivity contribution in [1.29, 1.82) is 0 Å². The first kappa shape index (κ1) is 23.7. The molecule has 0 aliphatic rings. The van der Waals surface area contributed by atoms with Crippen LogP contribution in [0.2, 0.25) is 0 Å². The summed E-state index contributed by atoms with van der Waals surface area (Å²) in [6.45, 7) is 1.57. The average molecular weight is 447 g/mol. The van der Waals surface area contributed by atoms with Gasteiger partial charge in [0.2, 0.25) is 0 Å². The lowest BCUT2D eigenvalue weighted by atomic mass is 9.97. The number of ketones is 1. The van der Waals surface area contributed by atoms with E-state index in [1.807, 2.05) is 60.7 Å². The van der Waals surface area contributed by atoms with Gasteiger partial charge in [-0.25, -0.2) is 9.59 Å². The van der Waals surface area contributed by atoms with Gasteiger partial charge in [-0.2, -0.15) is 0 Å². The van der Waals surface area contributed by atoms with Crippen molar-refractivity contribution < 1.29 is 23.9 Å². The van der Waals surface area contributed by atoms with Crippen LogP contribution in [0.25, 0.3) is 0 Å². The number of esters is 1. The van der Waals surface area contributed by atoms with Gasteiger partial charge in [0.05, 0.1) is 11.6 Å². The third-order valence-electron chi connectivity index (χ3n) is 4.84. The Labute approximate surface area is 192 Å². The van der Waals surface area contributed by atoms with Crippen LogP contribution < -0.4 is 15.8 Å². The molecular formula is C26H26N2O5. The van der Waals surface area contributed by atoms with E-state index in [1.165, 1.54) is 13.0 Å². The molecule has 3 N–H and O–H groups in total. The molecule has 0 radical (unpaired) electrons. The fourth-order valence-corrected chi connectivity index (χ4v) is 3.11. The molecule has 0 saturated heterocycles. The van der Waals surface area contributed by atoms with E-state index in [9.17, 15) is 14.4 Å². The minimum atomic E-state index is -0.939. The number of rotatable bonds is 9. The number of benzene rings is 3. The summed E-state index contributed by atoms with van der Waals surface area (Å²) in [5.74, 6) is -0.990. The van der Waals surface area contributed by atoms with Gasteiger partial charge in [0.1, 0.15) is 18.4 Å². The lowest BCUT2D eigenvalue weighted by Crippen LogP contribution is -2.43. The Bertz CT molecular complexity index is 1080. The highest BCUT2D eigenvalue weighted by Crippen LogP contribution is 2.21. The second kappa shape index (κ2) is 11.6. The van der Waals surface area contributed by atoms with Crippen LogP contribution in [-0.2, 0) is 22.6 Å². The molecular weight excluding hydrogens is 420 g/mol. The molecule has 0 aliphatic carbocycles. The molecule has 0 fully saturated rings. The number of para-hydroxylation sites is 1. The molecule has 7 heteroatoms. The summed E-state index contributed by atoms with van der Waals surface area (Å²) in [7, 11) is 0. The SMILES string of the molecule is C[C@H](N)C(=O)Oc1ccccc1C(=O)[C@H](Cc1ccccc1)NC(=O)OCc1ccccc1. The Morgan fingerprint density at radius 2 is 1.42 bits per heavy atom. The number of carbonyl (C=O) groups is 3. The smallest absolute Gasteiger partial charge is 0.408 e. The van der Waals surface area contributed by atoms with Gasteiger partial charge in [-0.05, 0) is 30.2 Å². The van der Waals surface area contributed by atoms with Gasteiger partial charge in [-0.3, -0.25) is 4.79 Å². The van der Waals surface area contributed by atoms with E-state index in [4.69, 9.17) is 15.2 Å². The van der Waals surface area contributed by atoms with Crippen molar-refractivity contribution >= 4 is 17.8 Å². The van der Waals surface area contributed by atoms with E-state index in [-0.39, 0.29) is 24.3 Å². The van der Waals surface area contributed by atoms with Gasteiger partial charge in [0.15, 0.2) is 5.78 Å². The fraction of sp³-hybridized carbons (Fsp3) is 0.192. The Kier molecular flexibility index (Phi) is 8.32. The van der Waals surface area contributed by atoms with Gasteiger partial charge >= 0.3 is 12.1 Å². The van der Waals surface area contributed by atoms with Crippen molar-refractivity contribution in [2.75, 3.05) is 0 Å². The van der Waals surface area contributed by atoms with Crippen LogP contribution in [0, 0.1) is 0 Å². The zero-order chi connectivity index (χ0) is 23.6. The molecule has 0 aliphatic heterocycles. The number of nitrogens with two attached hydrogens (primary N) is 1. The van der Waals surface area contributed by atoms with E-state index in [0.717, 1.165) is 11.1 Å². The summed E-state index contributed by atoms with van der Waals surface area (Å²) < 4.78 is 10.6. The van der Waals surface area contributed by atoms with Crippen LogP contribution in [0.15, 0.2) is 84.9 Å². The average Bonchev–Trinajstić information content (AvgIpc) is 2.83. The molecule has 2 atom stereocenters. The summed E-state index contributed by atoms with van der Waals surface area (Å²) in [6.07, 6.45) is -0.492.